The van der Waals surface area contributed by atoms with E-state index in [2.05, 4.69) is 97.9 Å². The molecule has 0 atom stereocenters. The molecule has 4 rings (SSSR count). The molecule has 110 valence electrons. The number of allylic oxidation sites excluding steroid dienone is 3. The highest BCUT2D eigenvalue weighted by Gasteiger charge is 2.27. The number of hydrogen-bond acceptors (Lipinski definition) is 0. The standard InChI is InChI=1S/C23H18/c1-2-19-20-15-9-10-16-21(20)23(18-13-7-4-8-14-18)22(19)17-11-5-3-6-12-17/h2-16H,1H3/b19-2+. The average Bonchev–Trinajstić information content (AvgIpc) is 2.97. The second kappa shape index (κ2) is 5.73. The van der Waals surface area contributed by atoms with E-state index in [1.54, 1.807) is 0 Å². The van der Waals surface area contributed by atoms with E-state index in [0.717, 1.165) is 0 Å². The van der Waals surface area contributed by atoms with Crippen molar-refractivity contribution in [1.82, 2.24) is 0 Å². The first-order chi connectivity index (χ1) is 11.4. The summed E-state index contributed by atoms with van der Waals surface area (Å²) in [5.74, 6) is 0. The van der Waals surface area contributed by atoms with Crippen LogP contribution in [0.5, 0.6) is 0 Å². The van der Waals surface area contributed by atoms with Gasteiger partial charge in [-0.25, -0.2) is 0 Å². The first-order valence-electron chi connectivity index (χ1n) is 8.01. The van der Waals surface area contributed by atoms with Gasteiger partial charge in [0.2, 0.25) is 0 Å². The number of benzene rings is 3. The third kappa shape index (κ3) is 2.24. The highest BCUT2D eigenvalue weighted by atomic mass is 14.3. The molecular weight excluding hydrogens is 276 g/mol. The van der Waals surface area contributed by atoms with Crippen LogP contribution in [0.15, 0.2) is 91.0 Å². The van der Waals surface area contributed by atoms with Gasteiger partial charge in [0.05, 0.1) is 0 Å². The molecule has 0 saturated heterocycles. The molecule has 0 bridgehead atoms. The van der Waals surface area contributed by atoms with Crippen LogP contribution in [0.4, 0.5) is 0 Å². The number of hydrogen-bond donors (Lipinski definition) is 0. The van der Waals surface area contributed by atoms with E-state index in [9.17, 15) is 0 Å². The summed E-state index contributed by atoms with van der Waals surface area (Å²) < 4.78 is 0. The van der Waals surface area contributed by atoms with Gasteiger partial charge < -0.3 is 0 Å². The molecule has 1 aliphatic carbocycles. The Morgan fingerprint density at radius 2 is 1.00 bits per heavy atom. The fraction of sp³-hybridized carbons (Fsp3) is 0.0435. The lowest BCUT2D eigenvalue weighted by Crippen LogP contribution is -1.88. The van der Waals surface area contributed by atoms with Crippen LogP contribution >= 0.6 is 0 Å². The van der Waals surface area contributed by atoms with Crippen LogP contribution in [0.3, 0.4) is 0 Å². The first kappa shape index (κ1) is 13.8. The summed E-state index contributed by atoms with van der Waals surface area (Å²) in [6.07, 6.45) is 2.23. The Balaban J connectivity index is 2.08. The molecule has 0 spiro atoms. The highest BCUT2D eigenvalue weighted by Crippen LogP contribution is 2.48. The molecular formula is C23H18. The molecule has 0 N–H and O–H groups in total. The summed E-state index contributed by atoms with van der Waals surface area (Å²) in [6.45, 7) is 2.13. The molecule has 0 nitrogen and oxygen atoms in total. The van der Waals surface area contributed by atoms with Gasteiger partial charge in [0.15, 0.2) is 0 Å². The Kier molecular flexibility index (Phi) is 3.44. The summed E-state index contributed by atoms with van der Waals surface area (Å²) in [6, 6.07) is 30.1. The van der Waals surface area contributed by atoms with Gasteiger partial charge >= 0.3 is 0 Å². The van der Waals surface area contributed by atoms with E-state index in [0.29, 0.717) is 0 Å². The second-order valence-electron chi connectivity index (χ2n) is 5.73. The third-order valence-corrected chi connectivity index (χ3v) is 4.42. The lowest BCUT2D eigenvalue weighted by molar-refractivity contribution is 1.55. The van der Waals surface area contributed by atoms with Crippen molar-refractivity contribution >= 4 is 16.7 Å². The average molecular weight is 294 g/mol. The Morgan fingerprint density at radius 3 is 1.57 bits per heavy atom. The minimum Gasteiger partial charge on any atom is -0.0791 e. The number of fused-ring (bicyclic) bond motifs is 1. The predicted octanol–water partition coefficient (Wildman–Crippen LogP) is 6.06. The number of rotatable bonds is 2. The molecule has 23 heavy (non-hydrogen) atoms. The van der Waals surface area contributed by atoms with E-state index in [1.165, 1.54) is 39.0 Å². The quantitative estimate of drug-likeness (QED) is 0.538. The lowest BCUT2D eigenvalue weighted by Gasteiger charge is -2.10. The van der Waals surface area contributed by atoms with Crippen molar-refractivity contribution in [3.63, 3.8) is 0 Å². The molecule has 0 saturated carbocycles. The molecule has 0 aliphatic heterocycles. The van der Waals surface area contributed by atoms with Crippen molar-refractivity contribution in [3.8, 4) is 0 Å². The van der Waals surface area contributed by atoms with E-state index in [4.69, 9.17) is 0 Å². The van der Waals surface area contributed by atoms with E-state index in [1.807, 2.05) is 0 Å². The zero-order valence-corrected chi connectivity index (χ0v) is 13.2. The van der Waals surface area contributed by atoms with Gasteiger partial charge in [-0.2, -0.15) is 0 Å². The van der Waals surface area contributed by atoms with Crippen molar-refractivity contribution in [3.05, 3.63) is 113 Å². The van der Waals surface area contributed by atoms with Crippen molar-refractivity contribution in [2.75, 3.05) is 0 Å². The summed E-state index contributed by atoms with van der Waals surface area (Å²) in [4.78, 5) is 0. The predicted molar refractivity (Wildman–Crippen MR) is 98.9 cm³/mol. The van der Waals surface area contributed by atoms with Gasteiger partial charge in [-0.3, -0.25) is 0 Å². The van der Waals surface area contributed by atoms with E-state index in [-0.39, 0.29) is 0 Å². The molecule has 0 amide bonds. The maximum atomic E-state index is 2.23. The maximum absolute atomic E-state index is 2.23. The van der Waals surface area contributed by atoms with Crippen molar-refractivity contribution in [2.24, 2.45) is 0 Å². The zero-order valence-electron chi connectivity index (χ0n) is 13.2. The summed E-state index contributed by atoms with van der Waals surface area (Å²) in [7, 11) is 0. The van der Waals surface area contributed by atoms with Gasteiger partial charge in [-0.05, 0) is 45.9 Å². The van der Waals surface area contributed by atoms with Crippen LogP contribution in [0.2, 0.25) is 0 Å². The van der Waals surface area contributed by atoms with Crippen LogP contribution in [-0.2, 0) is 0 Å². The Morgan fingerprint density at radius 1 is 0.522 bits per heavy atom. The van der Waals surface area contributed by atoms with E-state index >= 15 is 0 Å². The minimum absolute atomic E-state index is 1.27. The van der Waals surface area contributed by atoms with E-state index < -0.39 is 0 Å². The Hall–Kier alpha value is -2.86. The van der Waals surface area contributed by atoms with Crippen LogP contribution < -0.4 is 0 Å². The third-order valence-electron chi connectivity index (χ3n) is 4.42. The molecule has 1 aliphatic rings. The van der Waals surface area contributed by atoms with Crippen molar-refractivity contribution in [2.45, 2.75) is 6.92 Å². The lowest BCUT2D eigenvalue weighted by atomic mass is 9.93. The minimum atomic E-state index is 1.27. The van der Waals surface area contributed by atoms with Crippen LogP contribution in [-0.4, -0.2) is 0 Å². The molecule has 0 radical (unpaired) electrons. The topological polar surface area (TPSA) is 0 Å². The molecule has 0 aromatic heterocycles. The van der Waals surface area contributed by atoms with Gasteiger partial charge in [-0.1, -0.05) is 91.0 Å². The fourth-order valence-electron chi connectivity index (χ4n) is 3.45. The zero-order chi connectivity index (χ0) is 15.6. The molecule has 0 unspecified atom stereocenters. The molecule has 0 heteroatoms. The van der Waals surface area contributed by atoms with Crippen molar-refractivity contribution in [1.29, 1.82) is 0 Å². The van der Waals surface area contributed by atoms with Gasteiger partial charge in [0.25, 0.3) is 0 Å². The summed E-state index contributed by atoms with van der Waals surface area (Å²) >= 11 is 0. The van der Waals surface area contributed by atoms with Crippen LogP contribution in [0.25, 0.3) is 16.7 Å². The molecule has 0 fully saturated rings. The highest BCUT2D eigenvalue weighted by molar-refractivity contribution is 6.24. The van der Waals surface area contributed by atoms with Crippen LogP contribution in [0, 0.1) is 0 Å². The van der Waals surface area contributed by atoms with Gasteiger partial charge in [-0.15, -0.1) is 0 Å². The Labute approximate surface area is 137 Å². The normalized spacial score (nSPS) is 15.1. The molecule has 0 heterocycles. The van der Waals surface area contributed by atoms with Gasteiger partial charge in [0.1, 0.15) is 0 Å². The molecule has 3 aromatic rings. The second-order valence-corrected chi connectivity index (χ2v) is 5.73. The Bertz CT molecular complexity index is 897. The van der Waals surface area contributed by atoms with Gasteiger partial charge in [0, 0.05) is 0 Å². The molecule has 3 aromatic carbocycles. The smallest absolute Gasteiger partial charge is 0.00205 e. The monoisotopic (exact) mass is 294 g/mol. The summed E-state index contributed by atoms with van der Waals surface area (Å²) in [5, 5.41) is 0. The fourth-order valence-corrected chi connectivity index (χ4v) is 3.45. The SMILES string of the molecule is C/C=C1/C(c2ccccc2)=C(c2ccccc2)c2ccccc21. The largest absolute Gasteiger partial charge is 0.0791 e. The maximum Gasteiger partial charge on any atom is -0.00205 e. The first-order valence-corrected chi connectivity index (χ1v) is 8.01. The van der Waals surface area contributed by atoms with Crippen molar-refractivity contribution < 1.29 is 0 Å². The van der Waals surface area contributed by atoms with Crippen LogP contribution in [0.1, 0.15) is 29.2 Å². The summed E-state index contributed by atoms with van der Waals surface area (Å²) in [5.41, 5.74) is 9.19.